The Balaban J connectivity index is 2.43. The highest BCUT2D eigenvalue weighted by atomic mass is 35.5. The van der Waals surface area contributed by atoms with Crippen LogP contribution in [0, 0.1) is 13.8 Å². The van der Waals surface area contributed by atoms with Crippen LogP contribution in [0.5, 0.6) is 0 Å². The van der Waals surface area contributed by atoms with Crippen LogP contribution in [0.15, 0.2) is 41.3 Å². The zero-order valence-electron chi connectivity index (χ0n) is 11.7. The van der Waals surface area contributed by atoms with Gasteiger partial charge in [-0.3, -0.25) is 4.72 Å². The van der Waals surface area contributed by atoms with Crippen molar-refractivity contribution < 1.29 is 13.5 Å². The zero-order valence-corrected chi connectivity index (χ0v) is 13.3. The average Bonchev–Trinajstić information content (AvgIpc) is 2.42. The second-order valence-corrected chi connectivity index (χ2v) is 6.85. The maximum atomic E-state index is 12.5. The molecule has 4 nitrogen and oxygen atoms in total. The maximum Gasteiger partial charge on any atom is 0.262 e. The molecule has 0 heterocycles. The van der Waals surface area contributed by atoms with Crippen LogP contribution in [0.25, 0.3) is 0 Å². The molecule has 0 radical (unpaired) electrons. The highest BCUT2D eigenvalue weighted by Gasteiger charge is 2.19. The fourth-order valence-electron chi connectivity index (χ4n) is 2.02. The van der Waals surface area contributed by atoms with Gasteiger partial charge in [0.25, 0.3) is 10.0 Å². The Morgan fingerprint density at radius 2 is 1.90 bits per heavy atom. The van der Waals surface area contributed by atoms with E-state index < -0.39 is 10.0 Å². The fourth-order valence-corrected chi connectivity index (χ4v) is 3.73. The summed E-state index contributed by atoms with van der Waals surface area (Å²) in [5, 5.41) is 9.58. The van der Waals surface area contributed by atoms with Gasteiger partial charge in [0.15, 0.2) is 0 Å². The van der Waals surface area contributed by atoms with E-state index >= 15 is 0 Å². The third-order valence-corrected chi connectivity index (χ3v) is 5.05. The van der Waals surface area contributed by atoms with E-state index in [1.165, 1.54) is 6.07 Å². The van der Waals surface area contributed by atoms with Crippen LogP contribution in [0.4, 0.5) is 5.69 Å². The molecule has 0 amide bonds. The molecule has 0 fully saturated rings. The molecule has 21 heavy (non-hydrogen) atoms. The SMILES string of the molecule is Cc1ccc(NS(=O)(=O)c2cccc(CO)c2C)c(Cl)c1. The van der Waals surface area contributed by atoms with E-state index in [0.717, 1.165) is 5.56 Å². The number of benzene rings is 2. The quantitative estimate of drug-likeness (QED) is 0.906. The van der Waals surface area contributed by atoms with E-state index in [1.807, 2.05) is 6.92 Å². The number of halogens is 1. The summed E-state index contributed by atoms with van der Waals surface area (Å²) < 4.78 is 27.4. The van der Waals surface area contributed by atoms with Crippen LogP contribution in [0.1, 0.15) is 16.7 Å². The lowest BCUT2D eigenvalue weighted by atomic mass is 10.1. The van der Waals surface area contributed by atoms with Crippen molar-refractivity contribution in [3.63, 3.8) is 0 Å². The minimum atomic E-state index is -3.76. The molecule has 0 spiro atoms. The molecule has 112 valence electrons. The number of rotatable bonds is 4. The third-order valence-electron chi connectivity index (χ3n) is 3.23. The molecule has 2 aromatic carbocycles. The number of hydrogen-bond donors (Lipinski definition) is 2. The molecule has 0 bridgehead atoms. The van der Waals surface area contributed by atoms with Crippen molar-refractivity contribution in [3.8, 4) is 0 Å². The second-order valence-electron chi connectivity index (χ2n) is 4.79. The minimum Gasteiger partial charge on any atom is -0.392 e. The van der Waals surface area contributed by atoms with Crippen LogP contribution in [0.2, 0.25) is 5.02 Å². The molecule has 2 N–H and O–H groups in total. The molecule has 0 saturated carbocycles. The van der Waals surface area contributed by atoms with Gasteiger partial charge >= 0.3 is 0 Å². The van der Waals surface area contributed by atoms with Crippen molar-refractivity contribution in [1.29, 1.82) is 0 Å². The van der Waals surface area contributed by atoms with Gasteiger partial charge in [0.1, 0.15) is 0 Å². The smallest absolute Gasteiger partial charge is 0.262 e. The first kappa shape index (κ1) is 15.8. The number of aliphatic hydroxyl groups excluding tert-OH is 1. The number of aliphatic hydroxyl groups is 1. The first-order valence-corrected chi connectivity index (χ1v) is 8.19. The highest BCUT2D eigenvalue weighted by Crippen LogP contribution is 2.27. The van der Waals surface area contributed by atoms with Gasteiger partial charge in [0.05, 0.1) is 22.2 Å². The molecule has 0 atom stereocenters. The summed E-state index contributed by atoms with van der Waals surface area (Å²) in [5.74, 6) is 0. The molecule has 0 saturated heterocycles. The van der Waals surface area contributed by atoms with Gasteiger partial charge in [-0.05, 0) is 48.7 Å². The van der Waals surface area contributed by atoms with E-state index in [-0.39, 0.29) is 11.5 Å². The monoisotopic (exact) mass is 325 g/mol. The normalized spacial score (nSPS) is 11.4. The molecular formula is C15H16ClNO3S. The number of nitrogens with one attached hydrogen (secondary N) is 1. The molecule has 0 aliphatic carbocycles. The van der Waals surface area contributed by atoms with Crippen LogP contribution >= 0.6 is 11.6 Å². The Kier molecular flexibility index (Phi) is 4.56. The number of hydrogen-bond acceptors (Lipinski definition) is 3. The van der Waals surface area contributed by atoms with E-state index in [9.17, 15) is 13.5 Å². The van der Waals surface area contributed by atoms with Crippen molar-refractivity contribution >= 4 is 27.3 Å². The van der Waals surface area contributed by atoms with E-state index in [2.05, 4.69) is 4.72 Å². The van der Waals surface area contributed by atoms with Crippen molar-refractivity contribution in [2.24, 2.45) is 0 Å². The molecule has 0 unspecified atom stereocenters. The maximum absolute atomic E-state index is 12.5. The number of anilines is 1. The van der Waals surface area contributed by atoms with Gasteiger partial charge in [0, 0.05) is 0 Å². The molecule has 0 aromatic heterocycles. The van der Waals surface area contributed by atoms with Crippen molar-refractivity contribution in [2.45, 2.75) is 25.3 Å². The van der Waals surface area contributed by atoms with Crippen LogP contribution < -0.4 is 4.72 Å². The Morgan fingerprint density at radius 3 is 2.52 bits per heavy atom. The van der Waals surface area contributed by atoms with E-state index in [0.29, 0.717) is 21.8 Å². The lowest BCUT2D eigenvalue weighted by Gasteiger charge is -2.13. The van der Waals surface area contributed by atoms with Gasteiger partial charge in [-0.25, -0.2) is 8.42 Å². The minimum absolute atomic E-state index is 0.130. The Hall–Kier alpha value is -1.56. The molecule has 0 aliphatic heterocycles. The Morgan fingerprint density at radius 1 is 1.19 bits per heavy atom. The average molecular weight is 326 g/mol. The molecule has 2 rings (SSSR count). The Bertz CT molecular complexity index is 772. The summed E-state index contributed by atoms with van der Waals surface area (Å²) >= 11 is 6.05. The summed E-state index contributed by atoms with van der Waals surface area (Å²) in [6.45, 7) is 3.33. The van der Waals surface area contributed by atoms with Crippen LogP contribution in [-0.4, -0.2) is 13.5 Å². The second kappa shape index (κ2) is 6.05. The number of sulfonamides is 1. The van der Waals surface area contributed by atoms with Gasteiger partial charge in [-0.2, -0.15) is 0 Å². The van der Waals surface area contributed by atoms with Crippen LogP contribution in [0.3, 0.4) is 0 Å². The molecule has 6 heteroatoms. The highest BCUT2D eigenvalue weighted by molar-refractivity contribution is 7.92. The Labute approximate surface area is 129 Å². The van der Waals surface area contributed by atoms with E-state index in [4.69, 9.17) is 11.6 Å². The first-order chi connectivity index (χ1) is 9.85. The predicted octanol–water partition coefficient (Wildman–Crippen LogP) is 3.25. The topological polar surface area (TPSA) is 66.4 Å². The summed E-state index contributed by atoms with van der Waals surface area (Å²) in [6.07, 6.45) is 0. The largest absolute Gasteiger partial charge is 0.392 e. The lowest BCUT2D eigenvalue weighted by molar-refractivity contribution is 0.280. The van der Waals surface area contributed by atoms with Crippen molar-refractivity contribution in [1.82, 2.24) is 0 Å². The fraction of sp³-hybridized carbons (Fsp3) is 0.200. The van der Waals surface area contributed by atoms with Gasteiger partial charge in [-0.1, -0.05) is 29.8 Å². The standard InChI is InChI=1S/C15H16ClNO3S/c1-10-6-7-14(13(16)8-10)17-21(19,20)15-5-3-4-12(9-18)11(15)2/h3-8,17-18H,9H2,1-2H3. The molecule has 0 aliphatic rings. The third kappa shape index (κ3) is 3.37. The molecule has 2 aromatic rings. The van der Waals surface area contributed by atoms with E-state index in [1.54, 1.807) is 37.3 Å². The predicted molar refractivity (Wildman–Crippen MR) is 84.1 cm³/mol. The summed E-state index contributed by atoms with van der Waals surface area (Å²) in [6, 6.07) is 9.88. The molecular weight excluding hydrogens is 310 g/mol. The lowest BCUT2D eigenvalue weighted by Crippen LogP contribution is -2.15. The van der Waals surface area contributed by atoms with Gasteiger partial charge in [-0.15, -0.1) is 0 Å². The first-order valence-electron chi connectivity index (χ1n) is 6.33. The van der Waals surface area contributed by atoms with Gasteiger partial charge < -0.3 is 5.11 Å². The summed E-state index contributed by atoms with van der Waals surface area (Å²) in [7, 11) is -3.76. The van der Waals surface area contributed by atoms with Crippen LogP contribution in [-0.2, 0) is 16.6 Å². The zero-order chi connectivity index (χ0) is 15.6. The van der Waals surface area contributed by atoms with Crippen molar-refractivity contribution in [3.05, 3.63) is 58.1 Å². The van der Waals surface area contributed by atoms with Crippen molar-refractivity contribution in [2.75, 3.05) is 4.72 Å². The summed E-state index contributed by atoms with van der Waals surface area (Å²) in [5.41, 5.74) is 2.38. The number of aryl methyl sites for hydroxylation is 1. The summed E-state index contributed by atoms with van der Waals surface area (Å²) in [4.78, 5) is 0.130. The van der Waals surface area contributed by atoms with Gasteiger partial charge in [0.2, 0.25) is 0 Å².